The standard InChI is InChI=1S/C19H30O2SSi/c1-5-6-10-13-22-15-17(16-23(2,3)4)14-21-19(20)18-11-8-7-9-12-18/h7-9,11-12,15H,5-6,10,13-14,16H2,1-4H3/b17-15-. The van der Waals surface area contributed by atoms with E-state index in [0.717, 1.165) is 11.8 Å². The van der Waals surface area contributed by atoms with Crippen molar-refractivity contribution < 1.29 is 9.53 Å². The first-order chi connectivity index (χ1) is 10.9. The van der Waals surface area contributed by atoms with Gasteiger partial charge in [-0.05, 0) is 41.3 Å². The van der Waals surface area contributed by atoms with Crippen LogP contribution in [0.4, 0.5) is 0 Å². The van der Waals surface area contributed by atoms with Crippen LogP contribution in [0.3, 0.4) is 0 Å². The van der Waals surface area contributed by atoms with Crippen LogP contribution < -0.4 is 0 Å². The number of ether oxygens (including phenoxy) is 1. The molecule has 1 rings (SSSR count). The molecule has 0 amide bonds. The Morgan fingerprint density at radius 1 is 1.17 bits per heavy atom. The van der Waals surface area contributed by atoms with E-state index in [1.807, 2.05) is 30.0 Å². The average molecular weight is 351 g/mol. The number of rotatable bonds is 10. The molecule has 0 radical (unpaired) electrons. The maximum absolute atomic E-state index is 12.1. The first kappa shape index (κ1) is 20.0. The van der Waals surface area contributed by atoms with Crippen LogP contribution in [-0.2, 0) is 4.74 Å². The molecule has 2 nitrogen and oxygen atoms in total. The first-order valence-electron chi connectivity index (χ1n) is 8.44. The van der Waals surface area contributed by atoms with Crippen LogP contribution in [0.5, 0.6) is 0 Å². The number of hydrogen-bond acceptors (Lipinski definition) is 3. The monoisotopic (exact) mass is 350 g/mol. The predicted octanol–water partition coefficient (Wildman–Crippen LogP) is 5.99. The third-order valence-corrected chi connectivity index (χ3v) is 5.81. The van der Waals surface area contributed by atoms with Gasteiger partial charge in [-0.1, -0.05) is 57.6 Å². The molecule has 23 heavy (non-hydrogen) atoms. The van der Waals surface area contributed by atoms with Gasteiger partial charge >= 0.3 is 5.97 Å². The Bertz CT molecular complexity index is 492. The molecule has 0 aromatic heterocycles. The van der Waals surface area contributed by atoms with E-state index in [1.165, 1.54) is 24.8 Å². The molecule has 0 heterocycles. The fourth-order valence-electron chi connectivity index (χ4n) is 2.24. The Balaban J connectivity index is 2.55. The molecule has 0 unspecified atom stereocenters. The molecule has 1 aromatic carbocycles. The molecule has 0 atom stereocenters. The van der Waals surface area contributed by atoms with Gasteiger partial charge in [-0.15, -0.1) is 11.8 Å². The second-order valence-corrected chi connectivity index (χ2v) is 13.5. The molecule has 0 aliphatic heterocycles. The maximum Gasteiger partial charge on any atom is 0.338 e. The predicted molar refractivity (Wildman–Crippen MR) is 105 cm³/mol. The highest BCUT2D eigenvalue weighted by molar-refractivity contribution is 8.02. The molecule has 1 aromatic rings. The van der Waals surface area contributed by atoms with E-state index < -0.39 is 8.07 Å². The Kier molecular flexibility index (Phi) is 9.33. The summed E-state index contributed by atoms with van der Waals surface area (Å²) in [6.07, 6.45) is 3.79. The quantitative estimate of drug-likeness (QED) is 0.294. The lowest BCUT2D eigenvalue weighted by atomic mass is 10.2. The Hall–Kier alpha value is -1.00. The summed E-state index contributed by atoms with van der Waals surface area (Å²) in [5.74, 6) is 0.915. The number of unbranched alkanes of at least 4 members (excludes halogenated alkanes) is 2. The zero-order valence-corrected chi connectivity index (χ0v) is 16.7. The summed E-state index contributed by atoms with van der Waals surface area (Å²) in [4.78, 5) is 12.1. The van der Waals surface area contributed by atoms with Crippen LogP contribution in [0.1, 0.15) is 36.5 Å². The lowest BCUT2D eigenvalue weighted by Gasteiger charge is -2.18. The van der Waals surface area contributed by atoms with Crippen molar-refractivity contribution in [2.45, 2.75) is 51.9 Å². The molecule has 0 spiro atoms. The number of thioether (sulfide) groups is 1. The minimum atomic E-state index is -1.22. The van der Waals surface area contributed by atoms with E-state index >= 15 is 0 Å². The maximum atomic E-state index is 12.1. The van der Waals surface area contributed by atoms with E-state index in [2.05, 4.69) is 32.0 Å². The van der Waals surface area contributed by atoms with Crippen LogP contribution in [0.2, 0.25) is 25.7 Å². The van der Waals surface area contributed by atoms with Crippen LogP contribution in [0.15, 0.2) is 41.3 Å². The molecule has 128 valence electrons. The van der Waals surface area contributed by atoms with Crippen molar-refractivity contribution >= 4 is 25.8 Å². The minimum absolute atomic E-state index is 0.233. The van der Waals surface area contributed by atoms with Crippen molar-refractivity contribution in [2.75, 3.05) is 12.4 Å². The summed E-state index contributed by atoms with van der Waals surface area (Å²) in [5, 5.41) is 2.23. The second kappa shape index (κ2) is 10.7. The van der Waals surface area contributed by atoms with Gasteiger partial charge in [0.25, 0.3) is 0 Å². The van der Waals surface area contributed by atoms with Crippen molar-refractivity contribution in [3.8, 4) is 0 Å². The fourth-order valence-corrected chi connectivity index (χ4v) is 4.83. The SMILES string of the molecule is CCCCCS/C=C(/COC(=O)c1ccccc1)C[Si](C)(C)C. The van der Waals surface area contributed by atoms with E-state index in [-0.39, 0.29) is 5.97 Å². The van der Waals surface area contributed by atoms with Crippen molar-refractivity contribution in [2.24, 2.45) is 0 Å². The highest BCUT2D eigenvalue weighted by Gasteiger charge is 2.17. The normalized spacial score (nSPS) is 12.3. The van der Waals surface area contributed by atoms with Crippen LogP contribution in [0.25, 0.3) is 0 Å². The molecule has 0 aliphatic rings. The first-order valence-corrected chi connectivity index (χ1v) is 13.2. The molecule has 4 heteroatoms. The Morgan fingerprint density at radius 2 is 1.87 bits per heavy atom. The molecule has 0 saturated carbocycles. The molecular formula is C19H30O2SSi. The van der Waals surface area contributed by atoms with Gasteiger partial charge in [-0.3, -0.25) is 0 Å². The molecular weight excluding hydrogens is 320 g/mol. The van der Waals surface area contributed by atoms with Gasteiger partial charge in [0.05, 0.1) is 5.56 Å². The highest BCUT2D eigenvalue weighted by atomic mass is 32.2. The summed E-state index contributed by atoms with van der Waals surface area (Å²) < 4.78 is 5.52. The number of benzene rings is 1. The second-order valence-electron chi connectivity index (χ2n) is 7.03. The van der Waals surface area contributed by atoms with Gasteiger partial charge < -0.3 is 4.74 Å². The van der Waals surface area contributed by atoms with Gasteiger partial charge in [0.2, 0.25) is 0 Å². The number of carbonyl (C=O) groups is 1. The molecule has 0 saturated heterocycles. The zero-order chi connectivity index (χ0) is 17.1. The van der Waals surface area contributed by atoms with Crippen molar-refractivity contribution in [1.29, 1.82) is 0 Å². The Labute approximate surface area is 146 Å². The lowest BCUT2D eigenvalue weighted by Crippen LogP contribution is -2.22. The van der Waals surface area contributed by atoms with Crippen LogP contribution in [-0.4, -0.2) is 26.4 Å². The molecule has 0 bridgehead atoms. The third-order valence-electron chi connectivity index (χ3n) is 3.27. The van der Waals surface area contributed by atoms with E-state index in [9.17, 15) is 4.79 Å². The summed E-state index contributed by atoms with van der Waals surface area (Å²) in [5.41, 5.74) is 1.88. The van der Waals surface area contributed by atoms with Gasteiger partial charge in [0.1, 0.15) is 6.61 Å². The van der Waals surface area contributed by atoms with Crippen LogP contribution >= 0.6 is 11.8 Å². The van der Waals surface area contributed by atoms with Gasteiger partial charge in [-0.25, -0.2) is 4.79 Å². The van der Waals surface area contributed by atoms with Gasteiger partial charge in [0.15, 0.2) is 0 Å². The third kappa shape index (κ3) is 9.67. The Morgan fingerprint density at radius 3 is 2.48 bits per heavy atom. The van der Waals surface area contributed by atoms with Crippen molar-refractivity contribution in [3.05, 3.63) is 46.9 Å². The summed E-state index contributed by atoms with van der Waals surface area (Å²) >= 11 is 1.86. The molecule has 0 fully saturated rings. The summed E-state index contributed by atoms with van der Waals surface area (Å²) in [6, 6.07) is 10.3. The van der Waals surface area contributed by atoms with Crippen LogP contribution in [0, 0.1) is 0 Å². The summed E-state index contributed by atoms with van der Waals surface area (Å²) in [6.45, 7) is 9.68. The number of esters is 1. The minimum Gasteiger partial charge on any atom is -0.458 e. The van der Waals surface area contributed by atoms with E-state index in [4.69, 9.17) is 4.74 Å². The lowest BCUT2D eigenvalue weighted by molar-refractivity contribution is 0.0540. The molecule has 0 N–H and O–H groups in total. The summed E-state index contributed by atoms with van der Waals surface area (Å²) in [7, 11) is -1.22. The largest absolute Gasteiger partial charge is 0.458 e. The molecule has 0 aliphatic carbocycles. The van der Waals surface area contributed by atoms with Gasteiger partial charge in [0, 0.05) is 8.07 Å². The smallest absolute Gasteiger partial charge is 0.338 e. The van der Waals surface area contributed by atoms with E-state index in [1.54, 1.807) is 12.1 Å². The van der Waals surface area contributed by atoms with Gasteiger partial charge in [-0.2, -0.15) is 0 Å². The topological polar surface area (TPSA) is 26.3 Å². The van der Waals surface area contributed by atoms with E-state index in [0.29, 0.717) is 12.2 Å². The van der Waals surface area contributed by atoms with Crippen molar-refractivity contribution in [3.63, 3.8) is 0 Å². The zero-order valence-electron chi connectivity index (χ0n) is 14.9. The average Bonchev–Trinajstić information content (AvgIpc) is 2.51. The fraction of sp³-hybridized carbons (Fsp3) is 0.526. The number of carbonyl (C=O) groups excluding carboxylic acids is 1. The van der Waals surface area contributed by atoms with Crippen molar-refractivity contribution in [1.82, 2.24) is 0 Å². The highest BCUT2D eigenvalue weighted by Crippen LogP contribution is 2.21. The number of hydrogen-bond donors (Lipinski definition) is 0.